The van der Waals surface area contributed by atoms with Crippen molar-refractivity contribution in [3.8, 4) is 0 Å². The zero-order valence-corrected chi connectivity index (χ0v) is 35.0. The van der Waals surface area contributed by atoms with Crippen LogP contribution < -0.4 is 31.9 Å². The van der Waals surface area contributed by atoms with Crippen LogP contribution in [-0.4, -0.2) is 107 Å². The number of nitrogens with zero attached hydrogens (tertiary/aromatic N) is 1. The first-order chi connectivity index (χ1) is 26.8. The Morgan fingerprint density at radius 3 is 1.84 bits per heavy atom. The number of carbonyl (C=O) groups excluding carboxylic acids is 8. The molecule has 1 aromatic rings. The van der Waals surface area contributed by atoms with Crippen LogP contribution in [0.4, 0.5) is 0 Å². The van der Waals surface area contributed by atoms with Crippen molar-refractivity contribution in [2.45, 2.75) is 143 Å². The van der Waals surface area contributed by atoms with Crippen molar-refractivity contribution >= 4 is 47.3 Å². The number of ether oxygens (including phenoxy) is 1. The van der Waals surface area contributed by atoms with Crippen molar-refractivity contribution in [3.05, 3.63) is 35.9 Å². The predicted octanol–water partition coefficient (Wildman–Crippen LogP) is 1.11. The van der Waals surface area contributed by atoms with E-state index in [9.17, 15) is 38.4 Å². The molecule has 8 atom stereocenters. The molecule has 16 nitrogen and oxygen atoms in total. The predicted molar refractivity (Wildman–Crippen MR) is 212 cm³/mol. The van der Waals surface area contributed by atoms with E-state index in [1.807, 2.05) is 0 Å². The Labute approximate surface area is 336 Å². The van der Waals surface area contributed by atoms with Crippen LogP contribution in [0.15, 0.2) is 30.3 Å². The molecule has 0 saturated carbocycles. The highest BCUT2D eigenvalue weighted by Gasteiger charge is 2.43. The van der Waals surface area contributed by atoms with E-state index in [-0.39, 0.29) is 19.4 Å². The van der Waals surface area contributed by atoms with Crippen LogP contribution >= 0.6 is 0 Å². The zero-order chi connectivity index (χ0) is 42.7. The number of cyclic esters (lactones) is 1. The smallest absolute Gasteiger partial charge is 0.329 e. The van der Waals surface area contributed by atoms with Crippen molar-refractivity contribution in [2.24, 2.45) is 23.7 Å². The molecule has 2 heterocycles. The summed E-state index contributed by atoms with van der Waals surface area (Å²) in [5.41, 5.74) is 0.698. The van der Waals surface area contributed by atoms with Crippen LogP contribution in [0.3, 0.4) is 0 Å². The second-order valence-corrected chi connectivity index (χ2v) is 16.4. The number of benzene rings is 1. The number of amides is 7. The Morgan fingerprint density at radius 1 is 0.772 bits per heavy atom. The number of hydrogen-bond donors (Lipinski definition) is 6. The Morgan fingerprint density at radius 2 is 1.32 bits per heavy atom. The van der Waals surface area contributed by atoms with E-state index in [0.29, 0.717) is 18.4 Å². The fourth-order valence-corrected chi connectivity index (χ4v) is 6.89. The summed E-state index contributed by atoms with van der Waals surface area (Å²) < 4.78 is 5.84. The van der Waals surface area contributed by atoms with E-state index >= 15 is 0 Å². The molecule has 0 spiro atoms. The maximum absolute atomic E-state index is 14.5. The summed E-state index contributed by atoms with van der Waals surface area (Å²) in [7, 11) is 0. The highest BCUT2D eigenvalue weighted by atomic mass is 16.5. The maximum atomic E-state index is 14.5. The van der Waals surface area contributed by atoms with Crippen LogP contribution in [-0.2, 0) is 49.5 Å². The van der Waals surface area contributed by atoms with Gasteiger partial charge in [-0.15, -0.1) is 0 Å². The Hall–Kier alpha value is -5.02. The van der Waals surface area contributed by atoms with Crippen molar-refractivity contribution in [1.82, 2.24) is 36.8 Å². The van der Waals surface area contributed by atoms with Gasteiger partial charge in [-0.25, -0.2) is 4.79 Å². The zero-order valence-electron chi connectivity index (χ0n) is 35.0. The summed E-state index contributed by atoms with van der Waals surface area (Å²) in [6.45, 7) is 17.0. The Balaban J connectivity index is 2.17. The van der Waals surface area contributed by atoms with Gasteiger partial charge in [-0.3, -0.25) is 33.6 Å². The van der Waals surface area contributed by atoms with Gasteiger partial charge >= 0.3 is 5.97 Å². The summed E-state index contributed by atoms with van der Waals surface area (Å²) in [5, 5.41) is 16.4. The van der Waals surface area contributed by atoms with Gasteiger partial charge in [0.25, 0.3) is 0 Å². The largest absolute Gasteiger partial charge is 0.458 e. The fraction of sp³-hybridized carbons (Fsp3) is 0.659. The second kappa shape index (κ2) is 20.9. The molecular formula is C41H63N7O9. The molecular weight excluding hydrogens is 734 g/mol. The molecule has 0 aliphatic carbocycles. The normalized spacial score (nSPS) is 26.4. The number of carbonyl (C=O) groups is 8. The van der Waals surface area contributed by atoms with Gasteiger partial charge in [-0.2, -0.15) is 0 Å². The minimum absolute atomic E-state index is 0.0152. The molecule has 1 aromatic carbocycles. The topological polar surface area (TPSA) is 221 Å². The molecule has 7 amide bonds. The first-order valence-electron chi connectivity index (χ1n) is 20.1. The number of esters is 1. The number of hydrogen-bond acceptors (Lipinski definition) is 9. The number of nitrogens with one attached hydrogen (secondary N) is 6. The lowest BCUT2D eigenvalue weighted by Gasteiger charge is -2.32. The van der Waals surface area contributed by atoms with E-state index in [4.69, 9.17) is 4.74 Å². The first-order valence-corrected chi connectivity index (χ1v) is 20.1. The van der Waals surface area contributed by atoms with E-state index < -0.39 is 119 Å². The summed E-state index contributed by atoms with van der Waals surface area (Å²) in [5.74, 6) is -7.06. The molecule has 316 valence electrons. The number of rotatable bonds is 10. The van der Waals surface area contributed by atoms with Crippen LogP contribution in [0.1, 0.15) is 94.1 Å². The van der Waals surface area contributed by atoms with E-state index in [2.05, 4.69) is 31.9 Å². The molecule has 2 saturated heterocycles. The van der Waals surface area contributed by atoms with Gasteiger partial charge in [-0.1, -0.05) is 92.6 Å². The second-order valence-electron chi connectivity index (χ2n) is 16.4. The van der Waals surface area contributed by atoms with E-state index in [0.717, 1.165) is 0 Å². The third-order valence-electron chi connectivity index (χ3n) is 10.4. The number of fused-ring (bicyclic) bond motifs is 1. The van der Waals surface area contributed by atoms with Gasteiger partial charge in [0.15, 0.2) is 0 Å². The Kier molecular flexibility index (Phi) is 17.0. The maximum Gasteiger partial charge on any atom is 0.329 e. The summed E-state index contributed by atoms with van der Waals surface area (Å²) in [6, 6.07) is 0.661. The quantitative estimate of drug-likeness (QED) is 0.187. The molecule has 0 bridgehead atoms. The highest BCUT2D eigenvalue weighted by molar-refractivity contribution is 5.98. The van der Waals surface area contributed by atoms with Crippen molar-refractivity contribution in [1.29, 1.82) is 0 Å². The minimum Gasteiger partial charge on any atom is -0.458 e. The van der Waals surface area contributed by atoms with Crippen LogP contribution in [0.25, 0.3) is 0 Å². The Bertz CT molecular complexity index is 1620. The molecule has 57 heavy (non-hydrogen) atoms. The third kappa shape index (κ3) is 12.5. The lowest BCUT2D eigenvalue weighted by atomic mass is 9.98. The average Bonchev–Trinajstić information content (AvgIpc) is 3.64. The molecule has 3 rings (SSSR count). The fourth-order valence-electron chi connectivity index (χ4n) is 6.89. The van der Waals surface area contributed by atoms with Crippen molar-refractivity contribution in [2.75, 3.05) is 6.54 Å². The molecule has 2 aliphatic rings. The molecule has 0 aromatic heterocycles. The van der Waals surface area contributed by atoms with E-state index in [1.165, 1.54) is 11.8 Å². The molecule has 2 aliphatic heterocycles. The third-order valence-corrected chi connectivity index (χ3v) is 10.4. The van der Waals surface area contributed by atoms with Crippen LogP contribution in [0, 0.1) is 23.7 Å². The molecule has 16 heteroatoms. The van der Waals surface area contributed by atoms with Gasteiger partial charge in [-0.05, 0) is 49.0 Å². The van der Waals surface area contributed by atoms with Gasteiger partial charge in [0, 0.05) is 19.4 Å². The summed E-state index contributed by atoms with van der Waals surface area (Å²) in [4.78, 5) is 112. The van der Waals surface area contributed by atoms with Crippen molar-refractivity contribution < 1.29 is 43.1 Å². The molecule has 6 N–H and O–H groups in total. The monoisotopic (exact) mass is 797 g/mol. The average molecular weight is 798 g/mol. The van der Waals surface area contributed by atoms with Gasteiger partial charge in [0.2, 0.25) is 41.4 Å². The molecule has 0 radical (unpaired) electrons. The SMILES string of the molecule is CCC(=O)NC(C(=O)NC1C(=O)NC(Cc2ccccc2)C(=O)N2CCCC2C(=O)NC(C(C)C)C(=O)NC(C(C)C)C(=O)NC(C(C)C)C(=O)OC1C)C(C)C. The summed E-state index contributed by atoms with van der Waals surface area (Å²) in [6.07, 6.45) is -0.458. The van der Waals surface area contributed by atoms with Crippen LogP contribution in [0.2, 0.25) is 0 Å². The highest BCUT2D eigenvalue weighted by Crippen LogP contribution is 2.21. The first kappa shape index (κ1) is 46.4. The van der Waals surface area contributed by atoms with Gasteiger partial charge in [0.1, 0.15) is 48.4 Å². The van der Waals surface area contributed by atoms with E-state index in [1.54, 1.807) is 92.6 Å². The summed E-state index contributed by atoms with van der Waals surface area (Å²) >= 11 is 0. The van der Waals surface area contributed by atoms with Gasteiger partial charge < -0.3 is 41.5 Å². The van der Waals surface area contributed by atoms with Crippen molar-refractivity contribution in [3.63, 3.8) is 0 Å². The van der Waals surface area contributed by atoms with Gasteiger partial charge in [0.05, 0.1) is 0 Å². The molecule has 8 unspecified atom stereocenters. The molecule has 2 fully saturated rings. The van der Waals surface area contributed by atoms with Crippen LogP contribution in [0.5, 0.6) is 0 Å². The minimum atomic E-state index is -1.58. The lowest BCUT2D eigenvalue weighted by molar-refractivity contribution is -0.157. The standard InChI is InChI=1S/C41H63N7O9/c1-11-29(49)43-30(21(2)3)36(51)47-34-25(10)57-41(56)33(24(8)9)46-38(53)32(23(6)7)45-37(52)31(22(4)5)44-35(50)28-18-15-19-48(28)40(55)27(42-39(34)54)20-26-16-13-12-14-17-26/h12-14,16-17,21-25,27-28,30-34H,11,15,18-20H2,1-10H3,(H,42,54)(H,43,49)(H,44,50)(H,45,52)(H,46,53)(H,47,51). The lowest BCUT2D eigenvalue weighted by Crippen LogP contribution is -2.62.